The molecule has 3 aromatic heterocycles. The molecular weight excluding hydrogens is 366 g/mol. The molecule has 1 N–H and O–H groups in total. The van der Waals surface area contributed by atoms with E-state index in [9.17, 15) is 18.4 Å². The highest BCUT2D eigenvalue weighted by Crippen LogP contribution is 2.32. The summed E-state index contributed by atoms with van der Waals surface area (Å²) in [4.78, 5) is 32.0. The standard InChI is InChI=1S/C19H17FN4O2.CH3F.H2/c1-11-15(7-21-8-16(11)20)14-4-13-6-22-18(23-10-25)5-17(13)24(19(14)26)9-12-2-3-12;1-2;/h4-8,10,12H,2-3,9H2,1H3,(H,22,23,25);1H3;1H. The monoisotopic (exact) mass is 388 g/mol. The first-order chi connectivity index (χ1) is 13.6. The SMILES string of the molecule is CF.Cc1c(F)cncc1-c1cc2cnc(NC=O)cc2n(CC2CC2)c1=O.[HH]. The van der Waals surface area contributed by atoms with Crippen LogP contribution in [0.1, 0.15) is 19.8 Å². The topological polar surface area (TPSA) is 76.9 Å². The number of aromatic nitrogens is 3. The molecule has 1 fully saturated rings. The van der Waals surface area contributed by atoms with Gasteiger partial charge in [0, 0.05) is 42.9 Å². The summed E-state index contributed by atoms with van der Waals surface area (Å²) < 4.78 is 25.1. The lowest BCUT2D eigenvalue weighted by Crippen LogP contribution is -2.23. The number of nitrogens with zero attached hydrogens (tertiary/aromatic N) is 3. The van der Waals surface area contributed by atoms with Crippen LogP contribution in [-0.2, 0) is 11.3 Å². The highest BCUT2D eigenvalue weighted by Gasteiger charge is 2.24. The fourth-order valence-corrected chi connectivity index (χ4v) is 3.12. The van der Waals surface area contributed by atoms with Gasteiger partial charge in [-0.2, -0.15) is 0 Å². The Labute approximate surface area is 161 Å². The third-order valence-electron chi connectivity index (χ3n) is 4.77. The lowest BCUT2D eigenvalue weighted by atomic mass is 10.0. The molecule has 3 heterocycles. The third-order valence-corrected chi connectivity index (χ3v) is 4.77. The Kier molecular flexibility index (Phi) is 5.77. The van der Waals surface area contributed by atoms with E-state index >= 15 is 0 Å². The number of hydrogen-bond donors (Lipinski definition) is 1. The summed E-state index contributed by atoms with van der Waals surface area (Å²) in [6, 6.07) is 3.40. The van der Waals surface area contributed by atoms with Crippen LogP contribution >= 0.6 is 0 Å². The highest BCUT2D eigenvalue weighted by atomic mass is 19.1. The van der Waals surface area contributed by atoms with Crippen molar-refractivity contribution in [3.05, 3.63) is 52.5 Å². The van der Waals surface area contributed by atoms with Gasteiger partial charge >= 0.3 is 0 Å². The smallest absolute Gasteiger partial charge is 0.259 e. The van der Waals surface area contributed by atoms with Gasteiger partial charge in [0.15, 0.2) is 0 Å². The normalized spacial score (nSPS) is 13.0. The van der Waals surface area contributed by atoms with Gasteiger partial charge in [0.25, 0.3) is 5.56 Å². The van der Waals surface area contributed by atoms with E-state index in [-0.39, 0.29) is 6.99 Å². The predicted octanol–water partition coefficient (Wildman–Crippen LogP) is 3.72. The van der Waals surface area contributed by atoms with Crippen molar-refractivity contribution in [3.8, 4) is 11.1 Å². The zero-order chi connectivity index (χ0) is 20.3. The third kappa shape index (κ3) is 3.76. The summed E-state index contributed by atoms with van der Waals surface area (Å²) >= 11 is 0. The van der Waals surface area contributed by atoms with E-state index in [1.54, 1.807) is 29.8 Å². The molecule has 148 valence electrons. The lowest BCUT2D eigenvalue weighted by molar-refractivity contribution is -0.105. The minimum absolute atomic E-state index is 0. The van der Waals surface area contributed by atoms with E-state index in [0.29, 0.717) is 54.1 Å². The molecule has 3 aromatic rings. The maximum atomic E-state index is 13.9. The van der Waals surface area contributed by atoms with Crippen LogP contribution in [0.3, 0.4) is 0 Å². The van der Waals surface area contributed by atoms with Gasteiger partial charge < -0.3 is 9.88 Å². The molecular formula is C20H22F2N4O2. The number of amides is 1. The summed E-state index contributed by atoms with van der Waals surface area (Å²) in [6.07, 6.45) is 6.98. The quantitative estimate of drug-likeness (QED) is 0.676. The molecule has 0 unspecified atom stereocenters. The molecule has 1 aliphatic carbocycles. The van der Waals surface area contributed by atoms with Crippen LogP contribution in [0, 0.1) is 18.7 Å². The van der Waals surface area contributed by atoms with Gasteiger partial charge in [-0.25, -0.2) is 9.37 Å². The number of nitrogens with one attached hydrogen (secondary N) is 1. The number of fused-ring (bicyclic) bond motifs is 1. The van der Waals surface area contributed by atoms with Crippen LogP contribution in [0.15, 0.2) is 35.5 Å². The number of rotatable bonds is 5. The van der Waals surface area contributed by atoms with E-state index < -0.39 is 5.82 Å². The number of carbonyl (C=O) groups excluding carboxylic acids is 1. The van der Waals surface area contributed by atoms with Gasteiger partial charge in [0.05, 0.1) is 18.9 Å². The fourth-order valence-electron chi connectivity index (χ4n) is 3.12. The van der Waals surface area contributed by atoms with Crippen LogP contribution in [0.25, 0.3) is 22.0 Å². The second-order valence-corrected chi connectivity index (χ2v) is 6.60. The number of alkyl halides is 1. The molecule has 6 nitrogen and oxygen atoms in total. The Morgan fingerprint density at radius 1 is 1.25 bits per heavy atom. The molecule has 0 spiro atoms. The summed E-state index contributed by atoms with van der Waals surface area (Å²) in [5, 5.41) is 3.26. The first-order valence-corrected chi connectivity index (χ1v) is 8.80. The molecule has 8 heteroatoms. The van der Waals surface area contributed by atoms with Crippen molar-refractivity contribution in [2.45, 2.75) is 26.3 Å². The minimum Gasteiger partial charge on any atom is -0.313 e. The number of carbonyl (C=O) groups is 1. The van der Waals surface area contributed by atoms with Crippen molar-refractivity contribution in [3.63, 3.8) is 0 Å². The largest absolute Gasteiger partial charge is 0.313 e. The summed E-state index contributed by atoms with van der Waals surface area (Å²) in [6.45, 7) is 2.23. The maximum Gasteiger partial charge on any atom is 0.259 e. The molecule has 0 bridgehead atoms. The van der Waals surface area contributed by atoms with Gasteiger partial charge in [-0.3, -0.25) is 19.0 Å². The van der Waals surface area contributed by atoms with E-state index in [1.807, 2.05) is 0 Å². The number of pyridine rings is 3. The van der Waals surface area contributed by atoms with Gasteiger partial charge in [-0.05, 0) is 37.3 Å². The van der Waals surface area contributed by atoms with Crippen molar-refractivity contribution in [2.75, 3.05) is 12.5 Å². The van der Waals surface area contributed by atoms with Crippen LogP contribution < -0.4 is 10.9 Å². The van der Waals surface area contributed by atoms with Crippen molar-refractivity contribution < 1.29 is 15.0 Å². The molecule has 0 atom stereocenters. The highest BCUT2D eigenvalue weighted by molar-refractivity contribution is 5.87. The number of halogens is 2. The average molecular weight is 388 g/mol. The Hall–Kier alpha value is -3.16. The Bertz CT molecular complexity index is 1080. The van der Waals surface area contributed by atoms with Crippen LogP contribution in [0.4, 0.5) is 14.6 Å². The predicted molar refractivity (Wildman–Crippen MR) is 105 cm³/mol. The molecule has 0 aliphatic heterocycles. The maximum absolute atomic E-state index is 13.9. The second-order valence-electron chi connectivity index (χ2n) is 6.60. The first kappa shape index (κ1) is 19.6. The molecule has 1 amide bonds. The zero-order valence-electron chi connectivity index (χ0n) is 15.6. The molecule has 0 radical (unpaired) electrons. The number of anilines is 1. The van der Waals surface area contributed by atoms with Gasteiger partial charge in [-0.15, -0.1) is 0 Å². The molecule has 28 heavy (non-hydrogen) atoms. The summed E-state index contributed by atoms with van der Waals surface area (Å²) in [5.41, 5.74) is 1.79. The minimum atomic E-state index is -0.445. The summed E-state index contributed by atoms with van der Waals surface area (Å²) in [5.74, 6) is 0.403. The fraction of sp³-hybridized carbons (Fsp3) is 0.300. The van der Waals surface area contributed by atoms with Crippen molar-refractivity contribution in [1.82, 2.24) is 14.5 Å². The molecule has 1 saturated carbocycles. The Balaban J connectivity index is 0.000000970. The van der Waals surface area contributed by atoms with E-state index in [4.69, 9.17) is 0 Å². The van der Waals surface area contributed by atoms with E-state index in [1.165, 1.54) is 6.20 Å². The number of hydrogen-bond acceptors (Lipinski definition) is 4. The van der Waals surface area contributed by atoms with Crippen molar-refractivity contribution in [2.24, 2.45) is 5.92 Å². The molecule has 1 aliphatic rings. The zero-order valence-corrected chi connectivity index (χ0v) is 15.6. The van der Waals surface area contributed by atoms with Gasteiger partial charge in [0.2, 0.25) is 6.41 Å². The van der Waals surface area contributed by atoms with Crippen LogP contribution in [-0.4, -0.2) is 28.1 Å². The van der Waals surface area contributed by atoms with Gasteiger partial charge in [0.1, 0.15) is 11.6 Å². The van der Waals surface area contributed by atoms with E-state index in [2.05, 4.69) is 15.3 Å². The van der Waals surface area contributed by atoms with E-state index in [0.717, 1.165) is 24.4 Å². The Morgan fingerprint density at radius 2 is 2.00 bits per heavy atom. The first-order valence-electron chi connectivity index (χ1n) is 8.80. The molecule has 0 saturated heterocycles. The Morgan fingerprint density at radius 3 is 2.68 bits per heavy atom. The van der Waals surface area contributed by atoms with Crippen molar-refractivity contribution in [1.29, 1.82) is 0 Å². The van der Waals surface area contributed by atoms with Crippen LogP contribution in [0.5, 0.6) is 0 Å². The van der Waals surface area contributed by atoms with Crippen LogP contribution in [0.2, 0.25) is 0 Å². The molecule has 4 rings (SSSR count). The van der Waals surface area contributed by atoms with Gasteiger partial charge in [-0.1, -0.05) is 0 Å². The summed E-state index contributed by atoms with van der Waals surface area (Å²) in [7, 11) is 0.500. The molecule has 0 aromatic carbocycles. The van der Waals surface area contributed by atoms with Crippen molar-refractivity contribution >= 4 is 23.1 Å². The second kappa shape index (κ2) is 8.24. The lowest BCUT2D eigenvalue weighted by Gasteiger charge is -2.14. The average Bonchev–Trinajstić information content (AvgIpc) is 3.53.